The number of benzene rings is 8. The fraction of sp³-hybridized carbons (Fsp3) is 0.224. The van der Waals surface area contributed by atoms with Gasteiger partial charge in [-0.05, 0) is 82.3 Å². The van der Waals surface area contributed by atoms with Gasteiger partial charge in [-0.15, -0.1) is 0 Å². The summed E-state index contributed by atoms with van der Waals surface area (Å²) in [6, 6.07) is 34.4. The van der Waals surface area contributed by atoms with Gasteiger partial charge in [-0.25, -0.2) is 19.2 Å². The number of amides is 4. The van der Waals surface area contributed by atoms with Crippen molar-refractivity contribution in [2.45, 2.75) is 26.7 Å². The molecule has 14 rings (SSSR count). The van der Waals surface area contributed by atoms with E-state index in [0.29, 0.717) is 77.1 Å². The smallest absolute Gasteiger partial charge is 0.415 e. The highest BCUT2D eigenvalue weighted by Gasteiger charge is 2.34. The number of rotatable bonds is 6. The normalized spacial score (nSPS) is 13.0. The summed E-state index contributed by atoms with van der Waals surface area (Å²) in [5, 5.41) is 141. The van der Waals surface area contributed by atoms with Gasteiger partial charge < -0.3 is 106 Å². The van der Waals surface area contributed by atoms with E-state index in [1.807, 2.05) is 20.9 Å². The Hall–Kier alpha value is -13.2. The lowest BCUT2D eigenvalue weighted by Gasteiger charge is -2.31. The highest BCUT2D eigenvalue weighted by atomic mass is 16.6. The topological polar surface area (TPSA) is 418 Å². The van der Waals surface area contributed by atoms with Gasteiger partial charge in [0.2, 0.25) is 23.0 Å². The number of ether oxygens (including phenoxy) is 4. The van der Waals surface area contributed by atoms with E-state index in [4.69, 9.17) is 18.9 Å². The number of hydrogen-bond acceptors (Lipinski definition) is 21. The molecule has 0 spiro atoms. The summed E-state index contributed by atoms with van der Waals surface area (Å²) in [4.78, 5) is 56.5. The van der Waals surface area contributed by atoms with Crippen LogP contribution in [0, 0.1) is 41.7 Å². The lowest BCUT2D eigenvalue weighted by atomic mass is 10.2. The standard InChI is InChI=1S/C18H18N4O5.C17H15N3O5.C17H17N3O5.C15H13N3O5/c1-19-8-10-20(11-9-19)18(24)27-15-7-3-5-13-17(15)22(26)12-4-2-6-14(23)16(12)21(13)25;21-13-7-3-5-11-15(13)19(23)12-6-4-8-14(16(12)20(11)24)25-17(22)18-9-1-2-10-18;1-3-18(4-2)17(22)25-14-10-6-8-12-16(14)20(24)11-7-5-9-13(21)15(11)19(12)23;1-16(2)15(20)23-12-8-4-6-10-14(12)18(22)9-5-3-7-11(19)13(9)17(10)21/h2-7,23H,8-11H2,1H3;3-8,21H,1-2,9-10H2;5-10,21H,3-4H2,1-2H3;3-8,19H,1-2H3. The molecular weight excluding hydrogens is 1310 g/mol. The average Bonchev–Trinajstić information content (AvgIpc) is 0.782. The number of aromatic hydroxyl groups is 4. The molecule has 0 aliphatic carbocycles. The molecule has 33 heteroatoms. The Labute approximate surface area is 564 Å². The molecule has 4 N–H and O–H groups in total. The van der Waals surface area contributed by atoms with Gasteiger partial charge in [0.15, 0.2) is 23.0 Å². The number of hydrogen-bond donors (Lipinski definition) is 4. The third-order valence-corrected chi connectivity index (χ3v) is 16.6. The van der Waals surface area contributed by atoms with Gasteiger partial charge in [-0.2, -0.15) is 37.8 Å². The van der Waals surface area contributed by atoms with Gasteiger partial charge in [-0.1, -0.05) is 48.5 Å². The molecule has 4 aromatic heterocycles. The number of para-hydroxylation sites is 8. The number of piperazine rings is 1. The zero-order valence-corrected chi connectivity index (χ0v) is 54.1. The molecule has 100 heavy (non-hydrogen) atoms. The van der Waals surface area contributed by atoms with E-state index in [9.17, 15) is 81.3 Å². The van der Waals surface area contributed by atoms with Crippen LogP contribution in [0.1, 0.15) is 26.7 Å². The number of fused-ring (bicyclic) bond motifs is 8. The van der Waals surface area contributed by atoms with Crippen molar-refractivity contribution in [2.75, 3.05) is 73.5 Å². The summed E-state index contributed by atoms with van der Waals surface area (Å²) < 4.78 is 25.1. The summed E-state index contributed by atoms with van der Waals surface area (Å²) in [6.45, 7) is 8.26. The molecule has 2 fully saturated rings. The summed E-state index contributed by atoms with van der Waals surface area (Å²) >= 11 is 0. The number of carbonyl (C=O) groups excluding carboxylic acids is 4. The van der Waals surface area contributed by atoms with E-state index in [0.717, 1.165) is 25.9 Å². The SMILES string of the molecule is CCN(CC)C(=O)Oc1cccc2c1[n+]([O-])c1cccc(O)c1[n+]2[O-].CN(C)C(=O)Oc1cccc2c1[n+]([O-])c1cccc(O)c1[n+]2[O-].CN1CCN(C(=O)Oc2cccc3c2[n+]([O-])c2cccc(O)c2[n+]3[O-])CC1.O=C(Oc1cccc2c1[n+]([O-])c1cccc(O)c1[n+]2[O-])N1CCCC1. The van der Waals surface area contributed by atoms with E-state index < -0.39 is 24.4 Å². The molecule has 0 atom stereocenters. The predicted molar refractivity (Wildman–Crippen MR) is 355 cm³/mol. The van der Waals surface area contributed by atoms with Crippen molar-refractivity contribution in [1.82, 2.24) is 24.5 Å². The number of carbonyl (C=O) groups is 4. The molecule has 4 amide bonds. The first-order valence-electron chi connectivity index (χ1n) is 31.0. The number of phenols is 4. The van der Waals surface area contributed by atoms with Crippen molar-refractivity contribution in [2.24, 2.45) is 0 Å². The van der Waals surface area contributed by atoms with Gasteiger partial charge in [-0.3, -0.25) is 0 Å². The van der Waals surface area contributed by atoms with Crippen LogP contribution in [0.25, 0.3) is 88.3 Å². The van der Waals surface area contributed by atoms with Crippen molar-refractivity contribution >= 4 is 113 Å². The minimum atomic E-state index is -0.675. The summed E-state index contributed by atoms with van der Waals surface area (Å²) in [5.74, 6) is -1.23. The molecule has 8 aromatic carbocycles. The molecule has 0 radical (unpaired) electrons. The Morgan fingerprint density at radius 1 is 0.360 bits per heavy atom. The van der Waals surface area contributed by atoms with Crippen molar-refractivity contribution < 1.29 is 96.4 Å². The molecule has 2 aliphatic heterocycles. The quantitative estimate of drug-likeness (QED) is 0.0955. The van der Waals surface area contributed by atoms with Crippen LogP contribution in [-0.4, -0.2) is 143 Å². The molecule has 0 unspecified atom stereocenters. The van der Waals surface area contributed by atoms with Crippen molar-refractivity contribution in [3.8, 4) is 46.0 Å². The second-order valence-corrected chi connectivity index (χ2v) is 23.0. The number of phenolic OH excluding ortho intramolecular Hbond substituents is 4. The first-order valence-corrected chi connectivity index (χ1v) is 31.0. The molecular formula is C67H63N13O20. The van der Waals surface area contributed by atoms with Crippen LogP contribution in [0.3, 0.4) is 0 Å². The highest BCUT2D eigenvalue weighted by molar-refractivity contribution is 5.89. The van der Waals surface area contributed by atoms with Crippen LogP contribution in [0.4, 0.5) is 19.2 Å². The summed E-state index contributed by atoms with van der Waals surface area (Å²) in [6.07, 6.45) is -0.563. The summed E-state index contributed by atoms with van der Waals surface area (Å²) in [7, 11) is 4.97. The molecule has 6 heterocycles. The van der Waals surface area contributed by atoms with Crippen molar-refractivity contribution in [3.63, 3.8) is 0 Å². The fourth-order valence-electron chi connectivity index (χ4n) is 11.4. The molecule has 2 saturated heterocycles. The maximum absolute atomic E-state index is 12.9. The number of aromatic nitrogens is 8. The molecule has 0 saturated carbocycles. The molecule has 33 nitrogen and oxygen atoms in total. The minimum Gasteiger partial charge on any atom is -0.617 e. The largest absolute Gasteiger partial charge is 0.617 e. The van der Waals surface area contributed by atoms with E-state index in [-0.39, 0.29) is 134 Å². The monoisotopic (exact) mass is 1370 g/mol. The van der Waals surface area contributed by atoms with Gasteiger partial charge in [0.1, 0.15) is 0 Å². The van der Waals surface area contributed by atoms with Crippen molar-refractivity contribution in [3.05, 3.63) is 187 Å². The van der Waals surface area contributed by atoms with Crippen LogP contribution in [0.5, 0.6) is 46.0 Å². The Morgan fingerprint density at radius 3 is 0.880 bits per heavy atom. The predicted octanol–water partition coefficient (Wildman–Crippen LogP) is 5.10. The van der Waals surface area contributed by atoms with Gasteiger partial charge in [0.25, 0.3) is 44.1 Å². The fourth-order valence-corrected chi connectivity index (χ4v) is 11.4. The van der Waals surface area contributed by atoms with Gasteiger partial charge >= 0.3 is 68.5 Å². The first kappa shape index (κ1) is 68.2. The molecule has 0 bridgehead atoms. The van der Waals surface area contributed by atoms with Crippen LogP contribution in [-0.2, 0) is 0 Å². The Morgan fingerprint density at radius 2 is 0.600 bits per heavy atom. The summed E-state index contributed by atoms with van der Waals surface area (Å²) in [5.41, 5.74) is -0.908. The van der Waals surface area contributed by atoms with Crippen LogP contribution in [0.15, 0.2) is 146 Å². The Kier molecular flexibility index (Phi) is 19.3. The van der Waals surface area contributed by atoms with Gasteiger partial charge in [0, 0.05) is 115 Å². The zero-order valence-electron chi connectivity index (χ0n) is 54.1. The van der Waals surface area contributed by atoms with Crippen LogP contribution in [0.2, 0.25) is 0 Å². The molecule has 12 aromatic rings. The van der Waals surface area contributed by atoms with Crippen LogP contribution >= 0.6 is 0 Å². The van der Waals surface area contributed by atoms with E-state index in [2.05, 4.69) is 4.90 Å². The van der Waals surface area contributed by atoms with Gasteiger partial charge in [0.05, 0.1) is 0 Å². The molecule has 516 valence electrons. The van der Waals surface area contributed by atoms with E-state index in [1.165, 1.54) is 169 Å². The maximum atomic E-state index is 12.9. The minimum absolute atomic E-state index is 0.00118. The van der Waals surface area contributed by atoms with E-state index >= 15 is 0 Å². The maximum Gasteiger partial charge on any atom is 0.415 e. The number of nitrogens with zero attached hydrogens (tertiary/aromatic N) is 13. The Balaban J connectivity index is 0.000000135. The average molecular weight is 1370 g/mol. The second kappa shape index (κ2) is 28.2. The lowest BCUT2D eigenvalue weighted by Crippen LogP contribution is -2.48. The number of likely N-dealkylation sites (N-methyl/N-ethyl adjacent to an activating group) is 1. The number of likely N-dealkylation sites (tertiary alicyclic amines) is 1. The second-order valence-electron chi connectivity index (χ2n) is 23.0. The van der Waals surface area contributed by atoms with Crippen molar-refractivity contribution in [1.29, 1.82) is 0 Å². The van der Waals surface area contributed by atoms with Crippen LogP contribution < -0.4 is 56.8 Å². The third kappa shape index (κ3) is 12.8. The zero-order chi connectivity index (χ0) is 71.5. The third-order valence-electron chi connectivity index (χ3n) is 16.6. The highest BCUT2D eigenvalue weighted by Crippen LogP contribution is 2.31. The Bertz CT molecular complexity index is 5100. The van der Waals surface area contributed by atoms with E-state index in [1.54, 1.807) is 9.80 Å². The lowest BCUT2D eigenvalue weighted by molar-refractivity contribution is -0.591. The molecule has 2 aliphatic rings. The first-order chi connectivity index (χ1) is 47.9.